The normalized spacial score (nSPS) is 23.6. The molecule has 25 heavy (non-hydrogen) atoms. The molecule has 7 heteroatoms. The molecule has 7 nitrogen and oxygen atoms in total. The molecule has 0 aliphatic heterocycles. The maximum Gasteiger partial charge on any atom is 0.234 e. The van der Waals surface area contributed by atoms with Crippen LogP contribution in [0, 0.1) is 19.8 Å². The van der Waals surface area contributed by atoms with E-state index in [1.165, 1.54) is 0 Å². The van der Waals surface area contributed by atoms with Gasteiger partial charge in [0, 0.05) is 42.9 Å². The fourth-order valence-corrected chi connectivity index (χ4v) is 3.92. The molecule has 3 aromatic rings. The van der Waals surface area contributed by atoms with Crippen molar-refractivity contribution < 1.29 is 5.11 Å². The van der Waals surface area contributed by atoms with E-state index in [1.807, 2.05) is 30.1 Å². The number of aliphatic hydroxyl groups is 1. The van der Waals surface area contributed by atoms with Crippen LogP contribution in [-0.4, -0.2) is 41.4 Å². The molecule has 1 saturated carbocycles. The standard InChI is InChI=1S/C18H24N6O/c1-12-6-13(2)24-15(10-20-18(24)22-12)9-19-16-7-14(8-17(16)25)11-23-5-3-4-21-23/h3-6,10,14,16-17,19,25H,7-9,11H2,1-2H3/t14?,16-,17-/m1/s1. The average molecular weight is 340 g/mol. The fraction of sp³-hybridized carbons (Fsp3) is 0.500. The molecule has 4 rings (SSSR count). The summed E-state index contributed by atoms with van der Waals surface area (Å²) in [7, 11) is 0. The van der Waals surface area contributed by atoms with Crippen LogP contribution in [0.5, 0.6) is 0 Å². The highest BCUT2D eigenvalue weighted by atomic mass is 16.3. The van der Waals surface area contributed by atoms with Gasteiger partial charge in [-0.3, -0.25) is 9.08 Å². The Morgan fingerprint density at radius 3 is 3.00 bits per heavy atom. The van der Waals surface area contributed by atoms with E-state index in [-0.39, 0.29) is 12.1 Å². The molecule has 0 amide bonds. The number of hydrogen-bond acceptors (Lipinski definition) is 5. The van der Waals surface area contributed by atoms with Crippen LogP contribution < -0.4 is 5.32 Å². The van der Waals surface area contributed by atoms with Gasteiger partial charge in [0.1, 0.15) is 0 Å². The van der Waals surface area contributed by atoms with Gasteiger partial charge in [-0.15, -0.1) is 0 Å². The molecule has 0 saturated heterocycles. The maximum absolute atomic E-state index is 10.4. The molecule has 0 aromatic carbocycles. The zero-order valence-electron chi connectivity index (χ0n) is 14.6. The predicted molar refractivity (Wildman–Crippen MR) is 94.0 cm³/mol. The van der Waals surface area contributed by atoms with Crippen LogP contribution in [0.1, 0.15) is 29.9 Å². The van der Waals surface area contributed by atoms with Gasteiger partial charge in [0.15, 0.2) is 0 Å². The lowest BCUT2D eigenvalue weighted by Crippen LogP contribution is -2.35. The Bertz CT molecular complexity index is 856. The molecule has 3 aromatic heterocycles. The van der Waals surface area contributed by atoms with Crippen molar-refractivity contribution in [1.29, 1.82) is 0 Å². The summed E-state index contributed by atoms with van der Waals surface area (Å²) in [5.41, 5.74) is 3.17. The lowest BCUT2D eigenvalue weighted by atomic mass is 10.1. The fourth-order valence-electron chi connectivity index (χ4n) is 3.92. The van der Waals surface area contributed by atoms with Crippen LogP contribution in [0.4, 0.5) is 0 Å². The summed E-state index contributed by atoms with van der Waals surface area (Å²) in [4.78, 5) is 8.88. The van der Waals surface area contributed by atoms with Gasteiger partial charge in [-0.1, -0.05) is 0 Å². The van der Waals surface area contributed by atoms with Crippen LogP contribution >= 0.6 is 0 Å². The van der Waals surface area contributed by atoms with Crippen LogP contribution in [-0.2, 0) is 13.1 Å². The molecule has 1 fully saturated rings. The van der Waals surface area contributed by atoms with Gasteiger partial charge < -0.3 is 10.4 Å². The van der Waals surface area contributed by atoms with Crippen molar-refractivity contribution in [3.8, 4) is 0 Å². The van der Waals surface area contributed by atoms with Gasteiger partial charge in [-0.05, 0) is 44.7 Å². The third-order valence-corrected chi connectivity index (χ3v) is 5.04. The van der Waals surface area contributed by atoms with Gasteiger partial charge in [0.2, 0.25) is 5.78 Å². The monoisotopic (exact) mass is 340 g/mol. The molecule has 0 radical (unpaired) electrons. The van der Waals surface area contributed by atoms with E-state index in [9.17, 15) is 5.11 Å². The summed E-state index contributed by atoms with van der Waals surface area (Å²) in [6.07, 6.45) is 7.08. The van der Waals surface area contributed by atoms with E-state index in [0.717, 1.165) is 42.2 Å². The number of aromatic nitrogens is 5. The number of imidazole rings is 1. The van der Waals surface area contributed by atoms with Gasteiger partial charge in [0.05, 0.1) is 18.0 Å². The second-order valence-corrected chi connectivity index (χ2v) is 7.04. The molecular formula is C18H24N6O. The number of hydrogen-bond donors (Lipinski definition) is 2. The summed E-state index contributed by atoms with van der Waals surface area (Å²) in [5.74, 6) is 1.18. The van der Waals surface area contributed by atoms with Crippen molar-refractivity contribution in [2.45, 2.75) is 51.9 Å². The smallest absolute Gasteiger partial charge is 0.234 e. The van der Waals surface area contributed by atoms with E-state index >= 15 is 0 Å². The first-order chi connectivity index (χ1) is 12.1. The third-order valence-electron chi connectivity index (χ3n) is 5.04. The Morgan fingerprint density at radius 1 is 1.32 bits per heavy atom. The lowest BCUT2D eigenvalue weighted by molar-refractivity contribution is 0.145. The first-order valence-corrected chi connectivity index (χ1v) is 8.79. The molecule has 1 aliphatic rings. The van der Waals surface area contributed by atoms with Crippen molar-refractivity contribution in [2.24, 2.45) is 5.92 Å². The van der Waals surface area contributed by atoms with Crippen LogP contribution in [0.2, 0.25) is 0 Å². The Balaban J connectivity index is 1.41. The topological polar surface area (TPSA) is 80.3 Å². The summed E-state index contributed by atoms with van der Waals surface area (Å²) in [6, 6.07) is 4.09. The molecule has 132 valence electrons. The highest BCUT2D eigenvalue weighted by molar-refractivity contribution is 5.35. The molecule has 1 unspecified atom stereocenters. The average Bonchev–Trinajstić information content (AvgIpc) is 3.26. The number of fused-ring (bicyclic) bond motifs is 1. The summed E-state index contributed by atoms with van der Waals surface area (Å²) in [5, 5.41) is 18.2. The van der Waals surface area contributed by atoms with Crippen molar-refractivity contribution in [3.63, 3.8) is 0 Å². The highest BCUT2D eigenvalue weighted by Gasteiger charge is 2.33. The van der Waals surface area contributed by atoms with Crippen molar-refractivity contribution in [1.82, 2.24) is 29.5 Å². The van der Waals surface area contributed by atoms with E-state index in [1.54, 1.807) is 6.20 Å². The van der Waals surface area contributed by atoms with E-state index in [0.29, 0.717) is 12.5 Å². The minimum absolute atomic E-state index is 0.102. The highest BCUT2D eigenvalue weighted by Crippen LogP contribution is 2.27. The summed E-state index contributed by atoms with van der Waals surface area (Å²) < 4.78 is 4.02. The first-order valence-electron chi connectivity index (χ1n) is 8.79. The third kappa shape index (κ3) is 3.29. The number of nitrogens with zero attached hydrogens (tertiary/aromatic N) is 5. The van der Waals surface area contributed by atoms with Gasteiger partial charge >= 0.3 is 0 Å². The summed E-state index contributed by atoms with van der Waals surface area (Å²) >= 11 is 0. The van der Waals surface area contributed by atoms with Crippen LogP contribution in [0.25, 0.3) is 5.78 Å². The van der Waals surface area contributed by atoms with Gasteiger partial charge in [-0.2, -0.15) is 5.10 Å². The Morgan fingerprint density at radius 2 is 2.20 bits per heavy atom. The first kappa shape index (κ1) is 16.2. The van der Waals surface area contributed by atoms with Crippen LogP contribution in [0.3, 0.4) is 0 Å². The second-order valence-electron chi connectivity index (χ2n) is 7.04. The molecule has 0 spiro atoms. The van der Waals surface area contributed by atoms with E-state index < -0.39 is 0 Å². The molecule has 2 N–H and O–H groups in total. The second kappa shape index (κ2) is 6.57. The number of aryl methyl sites for hydroxylation is 2. The molecule has 3 atom stereocenters. The molecule has 0 bridgehead atoms. The quantitative estimate of drug-likeness (QED) is 0.735. The van der Waals surface area contributed by atoms with Gasteiger partial charge in [0.25, 0.3) is 0 Å². The number of aliphatic hydroxyl groups excluding tert-OH is 1. The van der Waals surface area contributed by atoms with Crippen molar-refractivity contribution in [3.05, 3.63) is 47.8 Å². The molecule has 3 heterocycles. The zero-order chi connectivity index (χ0) is 17.4. The van der Waals surface area contributed by atoms with E-state index in [2.05, 4.69) is 37.8 Å². The lowest BCUT2D eigenvalue weighted by Gasteiger charge is -2.16. The maximum atomic E-state index is 10.4. The van der Waals surface area contributed by atoms with Crippen molar-refractivity contribution in [2.75, 3.05) is 0 Å². The van der Waals surface area contributed by atoms with E-state index in [4.69, 9.17) is 0 Å². The zero-order valence-corrected chi connectivity index (χ0v) is 14.6. The minimum Gasteiger partial charge on any atom is -0.391 e. The Hall–Kier alpha value is -2.25. The SMILES string of the molecule is Cc1cc(C)n2c(CN[C@@H]3CC(Cn4cccn4)C[C@H]3O)cnc2n1. The van der Waals surface area contributed by atoms with Crippen LogP contribution in [0.15, 0.2) is 30.7 Å². The molecule has 1 aliphatic carbocycles. The Labute approximate surface area is 146 Å². The number of nitrogens with one attached hydrogen (secondary N) is 1. The Kier molecular flexibility index (Phi) is 4.27. The largest absolute Gasteiger partial charge is 0.391 e. The summed E-state index contributed by atoms with van der Waals surface area (Å²) in [6.45, 7) is 5.58. The number of rotatable bonds is 5. The van der Waals surface area contributed by atoms with Gasteiger partial charge in [-0.25, -0.2) is 9.97 Å². The molecular weight excluding hydrogens is 316 g/mol. The van der Waals surface area contributed by atoms with Crippen molar-refractivity contribution >= 4 is 5.78 Å². The predicted octanol–water partition coefficient (Wildman–Crippen LogP) is 1.47. The minimum atomic E-state index is -0.318.